The van der Waals surface area contributed by atoms with Crippen LogP contribution in [0.15, 0.2) is 12.3 Å². The van der Waals surface area contributed by atoms with E-state index in [1.807, 2.05) is 0 Å². The van der Waals surface area contributed by atoms with Crippen LogP contribution in [-0.4, -0.2) is 18.2 Å². The Hall–Kier alpha value is -1.12. The van der Waals surface area contributed by atoms with Crippen LogP contribution in [0.25, 0.3) is 0 Å². The zero-order chi connectivity index (χ0) is 7.98. The molecule has 0 aliphatic carbocycles. The molecule has 0 radical (unpaired) electrons. The molecule has 3 nitrogen and oxygen atoms in total. The Morgan fingerprint density at radius 3 is 2.50 bits per heavy atom. The number of hydrogen-bond acceptors (Lipinski definition) is 3. The Kier molecular flexibility index (Phi) is 4.20. The molecular formula is C7H10O3. The lowest BCUT2D eigenvalue weighted by Gasteiger charge is -1.89. The van der Waals surface area contributed by atoms with Crippen LogP contribution >= 0.6 is 0 Å². The molecule has 3 heteroatoms. The molecule has 0 aromatic carbocycles. The molecule has 0 saturated heterocycles. The molecule has 0 aliphatic heterocycles. The van der Waals surface area contributed by atoms with Crippen molar-refractivity contribution in [3.05, 3.63) is 12.3 Å². The molecule has 0 atom stereocenters. The van der Waals surface area contributed by atoms with E-state index in [1.165, 1.54) is 13.2 Å². The van der Waals surface area contributed by atoms with Gasteiger partial charge in [-0.25, -0.2) is 0 Å². The Balaban J connectivity index is 3.67. The van der Waals surface area contributed by atoms with E-state index in [0.717, 1.165) is 6.08 Å². The number of ketones is 2. The van der Waals surface area contributed by atoms with E-state index in [1.54, 1.807) is 6.92 Å². The molecule has 0 aromatic heterocycles. The summed E-state index contributed by atoms with van der Waals surface area (Å²) in [5.41, 5.74) is 0. The third-order valence-electron chi connectivity index (χ3n) is 0.829. The summed E-state index contributed by atoms with van der Waals surface area (Å²) in [5, 5.41) is 0. The van der Waals surface area contributed by atoms with E-state index in [0.29, 0.717) is 6.61 Å². The first-order chi connectivity index (χ1) is 4.68. The summed E-state index contributed by atoms with van der Waals surface area (Å²) in [5.74, 6) is -1.01. The molecule has 56 valence electrons. The lowest BCUT2D eigenvalue weighted by molar-refractivity contribution is -0.132. The van der Waals surface area contributed by atoms with Crippen molar-refractivity contribution in [2.45, 2.75) is 13.8 Å². The molecule has 0 aliphatic rings. The highest BCUT2D eigenvalue weighted by atomic mass is 16.5. The smallest absolute Gasteiger partial charge is 0.224 e. The van der Waals surface area contributed by atoms with Gasteiger partial charge in [0.25, 0.3) is 0 Å². The third kappa shape index (κ3) is 3.83. The Morgan fingerprint density at radius 1 is 1.50 bits per heavy atom. The van der Waals surface area contributed by atoms with Gasteiger partial charge in [0.1, 0.15) is 0 Å². The van der Waals surface area contributed by atoms with E-state index in [2.05, 4.69) is 0 Å². The molecular weight excluding hydrogens is 132 g/mol. The second-order valence-corrected chi connectivity index (χ2v) is 1.68. The predicted molar refractivity (Wildman–Crippen MR) is 36.5 cm³/mol. The van der Waals surface area contributed by atoms with Crippen LogP contribution < -0.4 is 0 Å². The SMILES string of the molecule is CCO/C=C/C(=O)C(C)=O. The number of carbonyl (C=O) groups excluding carboxylic acids is 2. The second kappa shape index (κ2) is 4.73. The number of allylic oxidation sites excluding steroid dienone is 1. The van der Waals surface area contributed by atoms with Gasteiger partial charge in [0.15, 0.2) is 5.78 Å². The highest BCUT2D eigenvalue weighted by Crippen LogP contribution is 1.80. The topological polar surface area (TPSA) is 43.4 Å². The average Bonchev–Trinajstić information content (AvgIpc) is 1.88. The third-order valence-corrected chi connectivity index (χ3v) is 0.829. The van der Waals surface area contributed by atoms with Gasteiger partial charge in [-0.3, -0.25) is 9.59 Å². The fourth-order valence-electron chi connectivity index (χ4n) is 0.323. The average molecular weight is 142 g/mol. The maximum absolute atomic E-state index is 10.5. The molecule has 0 unspecified atom stereocenters. The Morgan fingerprint density at radius 2 is 2.10 bits per heavy atom. The number of ether oxygens (including phenoxy) is 1. The molecule has 0 rings (SSSR count). The molecule has 0 fully saturated rings. The van der Waals surface area contributed by atoms with Crippen LogP contribution in [-0.2, 0) is 14.3 Å². The van der Waals surface area contributed by atoms with Gasteiger partial charge in [-0.2, -0.15) is 0 Å². The van der Waals surface area contributed by atoms with Crippen LogP contribution in [0.5, 0.6) is 0 Å². The van der Waals surface area contributed by atoms with E-state index < -0.39 is 11.6 Å². The minimum atomic E-state index is -0.534. The van der Waals surface area contributed by atoms with Gasteiger partial charge in [0, 0.05) is 13.0 Å². The zero-order valence-electron chi connectivity index (χ0n) is 6.09. The highest BCUT2D eigenvalue weighted by molar-refractivity contribution is 6.40. The Labute approximate surface area is 59.7 Å². The first-order valence-electron chi connectivity index (χ1n) is 3.01. The summed E-state index contributed by atoms with van der Waals surface area (Å²) in [6, 6.07) is 0. The van der Waals surface area contributed by atoms with Crippen LogP contribution in [0.2, 0.25) is 0 Å². The molecule has 0 amide bonds. The van der Waals surface area contributed by atoms with Crippen LogP contribution in [0.4, 0.5) is 0 Å². The van der Waals surface area contributed by atoms with Crippen molar-refractivity contribution in [2.24, 2.45) is 0 Å². The highest BCUT2D eigenvalue weighted by Gasteiger charge is 2.00. The quantitative estimate of drug-likeness (QED) is 0.329. The largest absolute Gasteiger partial charge is 0.501 e. The van der Waals surface area contributed by atoms with Gasteiger partial charge >= 0.3 is 0 Å². The van der Waals surface area contributed by atoms with Crippen molar-refractivity contribution >= 4 is 11.6 Å². The molecule has 0 saturated carbocycles. The van der Waals surface area contributed by atoms with E-state index in [9.17, 15) is 9.59 Å². The number of Topliss-reactive ketones (excluding diaryl/α,β-unsaturated/α-hetero) is 1. The fourth-order valence-corrected chi connectivity index (χ4v) is 0.323. The summed E-state index contributed by atoms with van der Waals surface area (Å²) in [6.45, 7) is 3.52. The van der Waals surface area contributed by atoms with Crippen molar-refractivity contribution in [1.82, 2.24) is 0 Å². The van der Waals surface area contributed by atoms with Crippen molar-refractivity contribution in [3.8, 4) is 0 Å². The van der Waals surface area contributed by atoms with Gasteiger partial charge < -0.3 is 4.74 Å². The lowest BCUT2D eigenvalue weighted by atomic mass is 10.3. The predicted octanol–water partition coefficient (Wildman–Crippen LogP) is 0.695. The van der Waals surface area contributed by atoms with Crippen molar-refractivity contribution in [2.75, 3.05) is 6.61 Å². The maximum Gasteiger partial charge on any atom is 0.224 e. The minimum absolute atomic E-state index is 0.476. The summed E-state index contributed by atoms with van der Waals surface area (Å²) in [7, 11) is 0. The van der Waals surface area contributed by atoms with Gasteiger partial charge in [0.2, 0.25) is 5.78 Å². The number of rotatable bonds is 4. The van der Waals surface area contributed by atoms with E-state index in [4.69, 9.17) is 4.74 Å². The molecule has 0 N–H and O–H groups in total. The van der Waals surface area contributed by atoms with Crippen LogP contribution in [0.1, 0.15) is 13.8 Å². The van der Waals surface area contributed by atoms with Crippen molar-refractivity contribution in [3.63, 3.8) is 0 Å². The van der Waals surface area contributed by atoms with Gasteiger partial charge in [0.05, 0.1) is 12.9 Å². The molecule has 0 bridgehead atoms. The fraction of sp³-hybridized carbons (Fsp3) is 0.429. The van der Waals surface area contributed by atoms with Gasteiger partial charge in [-0.1, -0.05) is 0 Å². The molecule has 0 aromatic rings. The standard InChI is InChI=1S/C7H10O3/c1-3-10-5-4-7(9)6(2)8/h4-5H,3H2,1-2H3/b5-4+. The summed E-state index contributed by atoms with van der Waals surface area (Å²) in [4.78, 5) is 20.8. The lowest BCUT2D eigenvalue weighted by Crippen LogP contribution is -2.04. The van der Waals surface area contributed by atoms with Crippen molar-refractivity contribution < 1.29 is 14.3 Å². The first kappa shape index (κ1) is 8.88. The van der Waals surface area contributed by atoms with E-state index >= 15 is 0 Å². The molecule has 10 heavy (non-hydrogen) atoms. The summed E-state index contributed by atoms with van der Waals surface area (Å²) in [6.07, 6.45) is 2.34. The number of hydrogen-bond donors (Lipinski definition) is 0. The van der Waals surface area contributed by atoms with Gasteiger partial charge in [-0.15, -0.1) is 0 Å². The maximum atomic E-state index is 10.5. The van der Waals surface area contributed by atoms with Crippen LogP contribution in [0.3, 0.4) is 0 Å². The normalized spacial score (nSPS) is 9.80. The zero-order valence-corrected chi connectivity index (χ0v) is 6.09. The molecule has 0 heterocycles. The Bertz CT molecular complexity index is 158. The van der Waals surface area contributed by atoms with E-state index in [-0.39, 0.29) is 0 Å². The molecule has 0 spiro atoms. The summed E-state index contributed by atoms with van der Waals surface area (Å²) >= 11 is 0. The summed E-state index contributed by atoms with van der Waals surface area (Å²) < 4.78 is 4.70. The first-order valence-corrected chi connectivity index (χ1v) is 3.01. The van der Waals surface area contributed by atoms with Crippen molar-refractivity contribution in [1.29, 1.82) is 0 Å². The van der Waals surface area contributed by atoms with Crippen LogP contribution in [0, 0.1) is 0 Å². The monoisotopic (exact) mass is 142 g/mol. The van der Waals surface area contributed by atoms with Gasteiger partial charge in [-0.05, 0) is 6.92 Å². The second-order valence-electron chi connectivity index (χ2n) is 1.68. The minimum Gasteiger partial charge on any atom is -0.501 e. The number of carbonyl (C=O) groups is 2.